The standard InChI is InChI=1S/C14H20BrNO3/c1-4-7-16-9(2)12-6-5-11(15)8-13(12)19-10(3)14(17)18/h5-6,8-10,16H,4,7H2,1-3H3,(H,17,18). The van der Waals surface area contributed by atoms with Gasteiger partial charge in [0, 0.05) is 16.1 Å². The molecule has 2 atom stereocenters. The molecule has 0 radical (unpaired) electrons. The molecule has 1 aromatic carbocycles. The number of ether oxygens (including phenoxy) is 1. The third-order valence-electron chi connectivity index (χ3n) is 2.79. The molecule has 19 heavy (non-hydrogen) atoms. The Balaban J connectivity index is 2.93. The van der Waals surface area contributed by atoms with Crippen molar-refractivity contribution in [3.8, 4) is 5.75 Å². The molecular formula is C14H20BrNO3. The molecule has 106 valence electrons. The molecule has 2 unspecified atom stereocenters. The lowest BCUT2D eigenvalue weighted by atomic mass is 10.1. The van der Waals surface area contributed by atoms with Gasteiger partial charge in [-0.2, -0.15) is 0 Å². The van der Waals surface area contributed by atoms with Crippen LogP contribution >= 0.6 is 15.9 Å². The van der Waals surface area contributed by atoms with Gasteiger partial charge in [-0.1, -0.05) is 28.9 Å². The minimum absolute atomic E-state index is 0.115. The Kier molecular flexibility index (Phi) is 6.31. The molecule has 0 spiro atoms. The highest BCUT2D eigenvalue weighted by atomic mass is 79.9. The highest BCUT2D eigenvalue weighted by molar-refractivity contribution is 9.10. The molecule has 0 aromatic heterocycles. The number of hydrogen-bond acceptors (Lipinski definition) is 3. The van der Waals surface area contributed by atoms with Gasteiger partial charge in [0.25, 0.3) is 0 Å². The molecule has 1 aromatic rings. The van der Waals surface area contributed by atoms with Gasteiger partial charge in [-0.3, -0.25) is 0 Å². The highest BCUT2D eigenvalue weighted by Crippen LogP contribution is 2.29. The van der Waals surface area contributed by atoms with E-state index in [1.54, 1.807) is 6.07 Å². The Morgan fingerprint density at radius 1 is 1.47 bits per heavy atom. The maximum absolute atomic E-state index is 10.9. The van der Waals surface area contributed by atoms with Gasteiger partial charge in [0.05, 0.1) is 0 Å². The second kappa shape index (κ2) is 7.50. The van der Waals surface area contributed by atoms with E-state index in [2.05, 4.69) is 28.2 Å². The topological polar surface area (TPSA) is 58.6 Å². The van der Waals surface area contributed by atoms with E-state index in [1.807, 2.05) is 19.1 Å². The third kappa shape index (κ3) is 4.84. The van der Waals surface area contributed by atoms with Crippen LogP contribution in [0.5, 0.6) is 5.75 Å². The van der Waals surface area contributed by atoms with E-state index in [1.165, 1.54) is 6.92 Å². The lowest BCUT2D eigenvalue weighted by Crippen LogP contribution is -2.25. The van der Waals surface area contributed by atoms with E-state index in [-0.39, 0.29) is 6.04 Å². The molecule has 0 saturated heterocycles. The smallest absolute Gasteiger partial charge is 0.344 e. The molecule has 5 heteroatoms. The number of carboxylic acids is 1. The van der Waals surface area contributed by atoms with Crippen LogP contribution in [0.2, 0.25) is 0 Å². The van der Waals surface area contributed by atoms with E-state index in [4.69, 9.17) is 9.84 Å². The quantitative estimate of drug-likeness (QED) is 0.805. The average Bonchev–Trinajstić information content (AvgIpc) is 2.36. The van der Waals surface area contributed by atoms with Crippen LogP contribution in [-0.2, 0) is 4.79 Å². The maximum Gasteiger partial charge on any atom is 0.344 e. The van der Waals surface area contributed by atoms with Crippen LogP contribution in [0.3, 0.4) is 0 Å². The lowest BCUT2D eigenvalue weighted by molar-refractivity contribution is -0.144. The van der Waals surface area contributed by atoms with E-state index in [0.717, 1.165) is 23.0 Å². The molecular weight excluding hydrogens is 310 g/mol. The number of carboxylic acid groups (broad SMARTS) is 1. The van der Waals surface area contributed by atoms with E-state index < -0.39 is 12.1 Å². The van der Waals surface area contributed by atoms with Crippen molar-refractivity contribution in [1.29, 1.82) is 0 Å². The van der Waals surface area contributed by atoms with Gasteiger partial charge in [-0.25, -0.2) is 4.79 Å². The van der Waals surface area contributed by atoms with Crippen molar-refractivity contribution in [3.63, 3.8) is 0 Å². The van der Waals surface area contributed by atoms with Crippen LogP contribution < -0.4 is 10.1 Å². The van der Waals surface area contributed by atoms with Crippen molar-refractivity contribution in [2.75, 3.05) is 6.54 Å². The Labute approximate surface area is 122 Å². The molecule has 0 aliphatic heterocycles. The van der Waals surface area contributed by atoms with Crippen molar-refractivity contribution in [2.45, 2.75) is 39.3 Å². The van der Waals surface area contributed by atoms with Crippen molar-refractivity contribution in [1.82, 2.24) is 5.32 Å². The molecule has 1 rings (SSSR count). The highest BCUT2D eigenvalue weighted by Gasteiger charge is 2.17. The molecule has 0 saturated carbocycles. The summed E-state index contributed by atoms with van der Waals surface area (Å²) in [7, 11) is 0. The molecule has 0 heterocycles. The van der Waals surface area contributed by atoms with Gasteiger partial charge in [-0.05, 0) is 38.9 Å². The summed E-state index contributed by atoms with van der Waals surface area (Å²) in [5.41, 5.74) is 0.963. The Hall–Kier alpha value is -1.07. The predicted octanol–water partition coefficient (Wildman–Crippen LogP) is 3.36. The van der Waals surface area contributed by atoms with Crippen LogP contribution in [0.4, 0.5) is 0 Å². The number of carbonyl (C=O) groups is 1. The Bertz CT molecular complexity index is 437. The molecule has 0 aliphatic rings. The zero-order chi connectivity index (χ0) is 14.4. The number of halogens is 1. The van der Waals surface area contributed by atoms with E-state index in [9.17, 15) is 4.79 Å². The van der Waals surface area contributed by atoms with Crippen LogP contribution in [0.15, 0.2) is 22.7 Å². The molecule has 0 aliphatic carbocycles. The summed E-state index contributed by atoms with van der Waals surface area (Å²) in [4.78, 5) is 10.9. The van der Waals surface area contributed by atoms with Crippen LogP contribution in [0.25, 0.3) is 0 Å². The second-order valence-electron chi connectivity index (χ2n) is 4.46. The minimum Gasteiger partial charge on any atom is -0.479 e. The molecule has 2 N–H and O–H groups in total. The zero-order valence-electron chi connectivity index (χ0n) is 11.4. The fourth-order valence-corrected chi connectivity index (χ4v) is 2.02. The molecule has 0 fully saturated rings. The summed E-state index contributed by atoms with van der Waals surface area (Å²) >= 11 is 3.38. The van der Waals surface area contributed by atoms with Gasteiger partial charge in [-0.15, -0.1) is 0 Å². The number of aliphatic carboxylic acids is 1. The van der Waals surface area contributed by atoms with Crippen LogP contribution in [0, 0.1) is 0 Å². The fourth-order valence-electron chi connectivity index (χ4n) is 1.68. The first-order valence-electron chi connectivity index (χ1n) is 6.38. The van der Waals surface area contributed by atoms with Gasteiger partial charge < -0.3 is 15.2 Å². The minimum atomic E-state index is -0.972. The predicted molar refractivity (Wildman–Crippen MR) is 78.6 cm³/mol. The number of hydrogen-bond donors (Lipinski definition) is 2. The first-order chi connectivity index (χ1) is 8.95. The van der Waals surface area contributed by atoms with E-state index >= 15 is 0 Å². The molecule has 0 amide bonds. The summed E-state index contributed by atoms with van der Waals surface area (Å²) in [6.07, 6.45) is 0.175. The summed E-state index contributed by atoms with van der Waals surface area (Å²) in [6.45, 7) is 6.57. The molecule has 4 nitrogen and oxygen atoms in total. The van der Waals surface area contributed by atoms with Crippen molar-refractivity contribution < 1.29 is 14.6 Å². The average molecular weight is 330 g/mol. The van der Waals surface area contributed by atoms with Gasteiger partial charge in [0.15, 0.2) is 6.10 Å². The number of benzene rings is 1. The summed E-state index contributed by atoms with van der Waals surface area (Å²) in [5.74, 6) is -0.375. The first kappa shape index (κ1) is 16.0. The second-order valence-corrected chi connectivity index (χ2v) is 5.37. The fraction of sp³-hybridized carbons (Fsp3) is 0.500. The van der Waals surface area contributed by atoms with Crippen molar-refractivity contribution >= 4 is 21.9 Å². The molecule has 0 bridgehead atoms. The summed E-state index contributed by atoms with van der Waals surface area (Å²) < 4.78 is 6.39. The van der Waals surface area contributed by atoms with Gasteiger partial charge in [0.2, 0.25) is 0 Å². The van der Waals surface area contributed by atoms with Gasteiger partial charge in [0.1, 0.15) is 5.75 Å². The normalized spacial score (nSPS) is 13.9. The Morgan fingerprint density at radius 2 is 2.16 bits per heavy atom. The SMILES string of the molecule is CCCNC(C)c1ccc(Br)cc1OC(C)C(=O)O. The summed E-state index contributed by atoms with van der Waals surface area (Å²) in [5, 5.41) is 12.3. The lowest BCUT2D eigenvalue weighted by Gasteiger charge is -2.20. The monoisotopic (exact) mass is 329 g/mol. The van der Waals surface area contributed by atoms with E-state index in [0.29, 0.717) is 5.75 Å². The van der Waals surface area contributed by atoms with Crippen LogP contribution in [0.1, 0.15) is 38.8 Å². The van der Waals surface area contributed by atoms with Crippen LogP contribution in [-0.4, -0.2) is 23.7 Å². The summed E-state index contributed by atoms with van der Waals surface area (Å²) in [6, 6.07) is 5.79. The third-order valence-corrected chi connectivity index (χ3v) is 3.29. The number of nitrogens with one attached hydrogen (secondary N) is 1. The largest absolute Gasteiger partial charge is 0.479 e. The number of rotatable bonds is 7. The van der Waals surface area contributed by atoms with Crippen molar-refractivity contribution in [3.05, 3.63) is 28.2 Å². The van der Waals surface area contributed by atoms with Gasteiger partial charge >= 0.3 is 5.97 Å². The Morgan fingerprint density at radius 3 is 2.74 bits per heavy atom. The first-order valence-corrected chi connectivity index (χ1v) is 7.17. The van der Waals surface area contributed by atoms with Crippen molar-refractivity contribution in [2.24, 2.45) is 0 Å². The maximum atomic E-state index is 10.9. The zero-order valence-corrected chi connectivity index (χ0v) is 13.0.